The number of benzene rings is 2. The predicted octanol–water partition coefficient (Wildman–Crippen LogP) is 4.47. The van der Waals surface area contributed by atoms with Crippen LogP contribution in [0.3, 0.4) is 0 Å². The maximum Gasteiger partial charge on any atom is 0.439 e. The summed E-state index contributed by atoms with van der Waals surface area (Å²) in [6.07, 6.45) is 0.789. The van der Waals surface area contributed by atoms with Gasteiger partial charge in [0.2, 0.25) is 0 Å². The standard InChI is InChI=1S/C18H20N2O5/c1-2-3-13-24-18(21)19(25-14-15-9-5-4-6-10-15)16-11-7-8-12-17(16)20(22)23/h4-12H,2-3,13-14H2,1H3. The van der Waals surface area contributed by atoms with Gasteiger partial charge in [-0.3, -0.25) is 15.0 Å². The average molecular weight is 344 g/mol. The highest BCUT2D eigenvalue weighted by Gasteiger charge is 2.26. The van der Waals surface area contributed by atoms with E-state index in [9.17, 15) is 14.9 Å². The summed E-state index contributed by atoms with van der Waals surface area (Å²) in [5, 5.41) is 12.1. The molecular weight excluding hydrogens is 324 g/mol. The van der Waals surface area contributed by atoms with Gasteiger partial charge in [0.25, 0.3) is 5.69 Å². The molecule has 0 aliphatic rings. The first-order valence-corrected chi connectivity index (χ1v) is 8.00. The molecule has 2 aromatic rings. The Kier molecular flexibility index (Phi) is 6.91. The van der Waals surface area contributed by atoms with Crippen LogP contribution in [0.1, 0.15) is 25.3 Å². The van der Waals surface area contributed by atoms with Crippen molar-refractivity contribution in [1.82, 2.24) is 0 Å². The second kappa shape index (κ2) is 9.39. The van der Waals surface area contributed by atoms with Gasteiger partial charge in [-0.05, 0) is 18.1 Å². The van der Waals surface area contributed by atoms with Gasteiger partial charge in [-0.25, -0.2) is 4.79 Å². The Morgan fingerprint density at radius 1 is 1.12 bits per heavy atom. The molecule has 7 nitrogen and oxygen atoms in total. The second-order valence-corrected chi connectivity index (χ2v) is 5.27. The highest BCUT2D eigenvalue weighted by molar-refractivity contribution is 5.88. The molecule has 0 N–H and O–H groups in total. The van der Waals surface area contributed by atoms with Crippen LogP contribution in [0, 0.1) is 10.1 Å². The number of amides is 1. The predicted molar refractivity (Wildman–Crippen MR) is 93.1 cm³/mol. The molecule has 0 bridgehead atoms. The van der Waals surface area contributed by atoms with Crippen LogP contribution in [0.2, 0.25) is 0 Å². The van der Waals surface area contributed by atoms with Crippen molar-refractivity contribution in [3.8, 4) is 0 Å². The van der Waals surface area contributed by atoms with E-state index < -0.39 is 11.0 Å². The fourth-order valence-electron chi connectivity index (χ4n) is 2.09. The van der Waals surface area contributed by atoms with Crippen LogP contribution in [-0.4, -0.2) is 17.6 Å². The van der Waals surface area contributed by atoms with Gasteiger partial charge in [-0.1, -0.05) is 55.8 Å². The molecule has 2 rings (SSSR count). The summed E-state index contributed by atoms with van der Waals surface area (Å²) in [6, 6.07) is 15.1. The lowest BCUT2D eigenvalue weighted by molar-refractivity contribution is -0.384. The fraction of sp³-hybridized carbons (Fsp3) is 0.278. The Morgan fingerprint density at radius 3 is 2.48 bits per heavy atom. The lowest BCUT2D eigenvalue weighted by atomic mass is 10.2. The fourth-order valence-corrected chi connectivity index (χ4v) is 2.09. The maximum atomic E-state index is 12.4. The quantitative estimate of drug-likeness (QED) is 0.401. The van der Waals surface area contributed by atoms with Crippen LogP contribution in [0.4, 0.5) is 16.2 Å². The van der Waals surface area contributed by atoms with Crippen molar-refractivity contribution in [2.75, 3.05) is 11.7 Å². The number of anilines is 1. The Hall–Kier alpha value is -2.93. The van der Waals surface area contributed by atoms with Crippen molar-refractivity contribution < 1.29 is 19.3 Å². The van der Waals surface area contributed by atoms with Crippen LogP contribution in [0.15, 0.2) is 54.6 Å². The number of hydrogen-bond acceptors (Lipinski definition) is 5. The number of rotatable bonds is 8. The van der Waals surface area contributed by atoms with Crippen molar-refractivity contribution in [1.29, 1.82) is 0 Å². The number of nitro groups is 1. The summed E-state index contributed by atoms with van der Waals surface area (Å²) in [4.78, 5) is 28.6. The molecule has 0 saturated heterocycles. The van der Waals surface area contributed by atoms with E-state index in [2.05, 4.69) is 0 Å². The summed E-state index contributed by atoms with van der Waals surface area (Å²) < 4.78 is 5.16. The first kappa shape index (κ1) is 18.4. The number of hydroxylamine groups is 1. The average Bonchev–Trinajstić information content (AvgIpc) is 2.63. The van der Waals surface area contributed by atoms with Crippen LogP contribution < -0.4 is 5.06 Å². The Morgan fingerprint density at radius 2 is 1.80 bits per heavy atom. The molecule has 0 atom stereocenters. The van der Waals surface area contributed by atoms with E-state index in [0.29, 0.717) is 6.42 Å². The normalized spacial score (nSPS) is 10.3. The Bertz CT molecular complexity index is 706. The van der Waals surface area contributed by atoms with Crippen molar-refractivity contribution in [3.63, 3.8) is 0 Å². The zero-order chi connectivity index (χ0) is 18.1. The molecule has 0 fully saturated rings. The zero-order valence-corrected chi connectivity index (χ0v) is 14.0. The van der Waals surface area contributed by atoms with Crippen molar-refractivity contribution in [3.05, 3.63) is 70.3 Å². The highest BCUT2D eigenvalue weighted by Crippen LogP contribution is 2.29. The molecular formula is C18H20N2O5. The largest absolute Gasteiger partial charge is 0.448 e. The van der Waals surface area contributed by atoms with Gasteiger partial charge in [0, 0.05) is 6.07 Å². The smallest absolute Gasteiger partial charge is 0.439 e. The van der Waals surface area contributed by atoms with E-state index in [1.807, 2.05) is 37.3 Å². The lowest BCUT2D eigenvalue weighted by Gasteiger charge is -2.21. The molecule has 0 aliphatic heterocycles. The highest BCUT2D eigenvalue weighted by atomic mass is 16.7. The van der Waals surface area contributed by atoms with Crippen LogP contribution in [0.25, 0.3) is 0 Å². The second-order valence-electron chi connectivity index (χ2n) is 5.27. The molecule has 1 amide bonds. The third-order valence-corrected chi connectivity index (χ3v) is 3.39. The molecule has 132 valence electrons. The summed E-state index contributed by atoms with van der Waals surface area (Å²) in [5.74, 6) is 0. The molecule has 2 aromatic carbocycles. The number of hydrogen-bond donors (Lipinski definition) is 0. The molecule has 0 aliphatic carbocycles. The van der Waals surface area contributed by atoms with E-state index in [1.54, 1.807) is 6.07 Å². The molecule has 0 saturated carbocycles. The van der Waals surface area contributed by atoms with Gasteiger partial charge in [-0.15, -0.1) is 5.06 Å². The third-order valence-electron chi connectivity index (χ3n) is 3.39. The number of para-hydroxylation sites is 2. The number of ether oxygens (including phenoxy) is 1. The summed E-state index contributed by atoms with van der Waals surface area (Å²) in [5.41, 5.74) is 0.625. The van der Waals surface area contributed by atoms with E-state index >= 15 is 0 Å². The zero-order valence-electron chi connectivity index (χ0n) is 14.0. The maximum absolute atomic E-state index is 12.4. The van der Waals surface area contributed by atoms with Crippen LogP contribution >= 0.6 is 0 Å². The van der Waals surface area contributed by atoms with Crippen molar-refractivity contribution in [2.45, 2.75) is 26.4 Å². The van der Waals surface area contributed by atoms with Gasteiger partial charge in [0.05, 0.1) is 11.5 Å². The van der Waals surface area contributed by atoms with E-state index in [4.69, 9.17) is 9.57 Å². The van der Waals surface area contributed by atoms with E-state index in [1.165, 1.54) is 18.2 Å². The number of carbonyl (C=O) groups excluding carboxylic acids is 1. The van der Waals surface area contributed by atoms with Gasteiger partial charge >= 0.3 is 6.09 Å². The topological polar surface area (TPSA) is 81.9 Å². The minimum atomic E-state index is -0.779. The van der Waals surface area contributed by atoms with Gasteiger partial charge in [0.15, 0.2) is 5.69 Å². The Balaban J connectivity index is 2.22. The van der Waals surface area contributed by atoms with Gasteiger partial charge in [0.1, 0.15) is 6.61 Å². The SMILES string of the molecule is CCCCOC(=O)N(OCc1ccccc1)c1ccccc1[N+](=O)[O-]. The minimum absolute atomic E-state index is 0.0323. The third kappa shape index (κ3) is 5.29. The molecule has 0 unspecified atom stereocenters. The minimum Gasteiger partial charge on any atom is -0.448 e. The number of nitrogens with zero attached hydrogens (tertiary/aromatic N) is 2. The van der Waals surface area contributed by atoms with E-state index in [0.717, 1.165) is 17.0 Å². The first-order valence-electron chi connectivity index (χ1n) is 8.00. The van der Waals surface area contributed by atoms with Crippen LogP contribution in [-0.2, 0) is 16.2 Å². The van der Waals surface area contributed by atoms with Crippen molar-refractivity contribution >= 4 is 17.5 Å². The van der Waals surface area contributed by atoms with Crippen LogP contribution in [0.5, 0.6) is 0 Å². The number of nitro benzene ring substituents is 1. The molecule has 7 heteroatoms. The van der Waals surface area contributed by atoms with Crippen molar-refractivity contribution in [2.24, 2.45) is 0 Å². The molecule has 0 radical (unpaired) electrons. The monoisotopic (exact) mass is 344 g/mol. The van der Waals surface area contributed by atoms with Gasteiger partial charge in [-0.2, -0.15) is 0 Å². The van der Waals surface area contributed by atoms with E-state index in [-0.39, 0.29) is 24.6 Å². The summed E-state index contributed by atoms with van der Waals surface area (Å²) in [7, 11) is 0. The lowest BCUT2D eigenvalue weighted by Crippen LogP contribution is -2.32. The summed E-state index contributed by atoms with van der Waals surface area (Å²) in [6.45, 7) is 2.27. The number of unbranched alkanes of at least 4 members (excludes halogenated alkanes) is 1. The molecule has 0 heterocycles. The number of carbonyl (C=O) groups is 1. The Labute approximate surface area is 145 Å². The molecule has 0 aromatic heterocycles. The summed E-state index contributed by atoms with van der Waals surface area (Å²) >= 11 is 0. The first-order chi connectivity index (χ1) is 12.1. The molecule has 0 spiro atoms. The molecule has 25 heavy (non-hydrogen) atoms. The van der Waals surface area contributed by atoms with Gasteiger partial charge < -0.3 is 4.74 Å².